The van der Waals surface area contributed by atoms with E-state index in [9.17, 15) is 5.11 Å². The van der Waals surface area contributed by atoms with E-state index in [-0.39, 0.29) is 0 Å². The highest BCUT2D eigenvalue weighted by Crippen LogP contribution is 2.25. The molecule has 1 heterocycles. The fourth-order valence-corrected chi connectivity index (χ4v) is 2.71. The highest BCUT2D eigenvalue weighted by molar-refractivity contribution is 9.10. The lowest BCUT2D eigenvalue weighted by Gasteiger charge is -2.13. The third kappa shape index (κ3) is 3.21. The predicted molar refractivity (Wildman–Crippen MR) is 76.3 cm³/mol. The summed E-state index contributed by atoms with van der Waals surface area (Å²) in [7, 11) is 0. The van der Waals surface area contributed by atoms with Crippen molar-refractivity contribution in [1.82, 2.24) is 0 Å². The smallest absolute Gasteiger partial charge is 0.0970 e. The molecule has 0 spiro atoms. The largest absolute Gasteiger partial charge is 0.399 e. The van der Waals surface area contributed by atoms with Gasteiger partial charge in [0.15, 0.2) is 0 Å². The van der Waals surface area contributed by atoms with Crippen LogP contribution < -0.4 is 11.1 Å². The van der Waals surface area contributed by atoms with Gasteiger partial charge in [0.05, 0.1) is 6.10 Å². The molecule has 0 saturated heterocycles. The van der Waals surface area contributed by atoms with Crippen LogP contribution in [0.2, 0.25) is 0 Å². The second-order valence-electron chi connectivity index (χ2n) is 3.69. The van der Waals surface area contributed by atoms with E-state index < -0.39 is 6.10 Å². The third-order valence-electron chi connectivity index (χ3n) is 2.41. The Morgan fingerprint density at radius 1 is 1.41 bits per heavy atom. The number of nitrogens with one attached hydrogen (secondary N) is 1. The number of nitrogen functional groups attached to an aromatic ring is 1. The fraction of sp³-hybridized carbons (Fsp3) is 0.167. The lowest BCUT2D eigenvalue weighted by molar-refractivity contribution is 0.192. The molecule has 17 heavy (non-hydrogen) atoms. The maximum absolute atomic E-state index is 9.92. The molecule has 0 radical (unpaired) electrons. The zero-order valence-corrected chi connectivity index (χ0v) is 11.5. The Hall–Kier alpha value is -1.04. The van der Waals surface area contributed by atoms with E-state index in [1.54, 1.807) is 11.3 Å². The van der Waals surface area contributed by atoms with E-state index in [0.717, 1.165) is 15.7 Å². The quantitative estimate of drug-likeness (QED) is 0.760. The minimum absolute atomic E-state index is 0.471. The molecular formula is C12H13BrN2OS. The van der Waals surface area contributed by atoms with Crippen LogP contribution in [0.25, 0.3) is 0 Å². The van der Waals surface area contributed by atoms with Crippen molar-refractivity contribution in [2.24, 2.45) is 0 Å². The van der Waals surface area contributed by atoms with Gasteiger partial charge in [-0.2, -0.15) is 11.3 Å². The molecule has 0 fully saturated rings. The highest BCUT2D eigenvalue weighted by atomic mass is 79.9. The van der Waals surface area contributed by atoms with Gasteiger partial charge in [-0.3, -0.25) is 0 Å². The number of halogens is 1. The van der Waals surface area contributed by atoms with Crippen LogP contribution in [-0.2, 0) is 0 Å². The number of aliphatic hydroxyl groups excluding tert-OH is 1. The Kier molecular flexibility index (Phi) is 4.04. The molecule has 4 N–H and O–H groups in total. The Balaban J connectivity index is 1.98. The Morgan fingerprint density at radius 2 is 2.24 bits per heavy atom. The fourth-order valence-electron chi connectivity index (χ4n) is 1.46. The van der Waals surface area contributed by atoms with Gasteiger partial charge in [0.1, 0.15) is 0 Å². The van der Waals surface area contributed by atoms with E-state index in [0.29, 0.717) is 12.2 Å². The molecule has 0 saturated carbocycles. The third-order valence-corrected chi connectivity index (χ3v) is 3.76. The predicted octanol–water partition coefficient (Wildman–Crippen LogP) is 3.24. The summed E-state index contributed by atoms with van der Waals surface area (Å²) < 4.78 is 0.898. The maximum atomic E-state index is 9.92. The summed E-state index contributed by atoms with van der Waals surface area (Å²) >= 11 is 5.01. The molecule has 0 bridgehead atoms. The van der Waals surface area contributed by atoms with Crippen molar-refractivity contribution in [2.45, 2.75) is 6.10 Å². The molecule has 1 atom stereocenters. The molecule has 1 aromatic heterocycles. The summed E-state index contributed by atoms with van der Waals surface area (Å²) in [6, 6.07) is 7.47. The molecule has 3 nitrogen and oxygen atoms in total. The number of nitrogens with two attached hydrogens (primary N) is 1. The normalized spacial score (nSPS) is 12.4. The highest BCUT2D eigenvalue weighted by Gasteiger charge is 2.08. The number of rotatable bonds is 4. The molecule has 2 aromatic rings. The number of hydrogen-bond acceptors (Lipinski definition) is 4. The van der Waals surface area contributed by atoms with Crippen LogP contribution in [0, 0.1) is 0 Å². The van der Waals surface area contributed by atoms with Crippen molar-refractivity contribution in [3.63, 3.8) is 0 Å². The van der Waals surface area contributed by atoms with Crippen LogP contribution >= 0.6 is 27.3 Å². The molecule has 0 aliphatic heterocycles. The van der Waals surface area contributed by atoms with Gasteiger partial charge in [0.25, 0.3) is 0 Å². The zero-order valence-electron chi connectivity index (χ0n) is 9.06. The van der Waals surface area contributed by atoms with Gasteiger partial charge in [-0.1, -0.05) is 0 Å². The minimum Gasteiger partial charge on any atom is -0.399 e. The van der Waals surface area contributed by atoms with Gasteiger partial charge < -0.3 is 16.2 Å². The lowest BCUT2D eigenvalue weighted by Crippen LogP contribution is -2.11. The summed E-state index contributed by atoms with van der Waals surface area (Å²) in [6.07, 6.45) is -0.495. The van der Waals surface area contributed by atoms with Crippen LogP contribution in [-0.4, -0.2) is 11.7 Å². The van der Waals surface area contributed by atoms with E-state index in [2.05, 4.69) is 21.2 Å². The van der Waals surface area contributed by atoms with Crippen molar-refractivity contribution in [2.75, 3.05) is 17.6 Å². The molecule has 5 heteroatoms. The average molecular weight is 313 g/mol. The molecule has 1 aromatic carbocycles. The Morgan fingerprint density at radius 3 is 2.88 bits per heavy atom. The first kappa shape index (κ1) is 12.4. The minimum atomic E-state index is -0.495. The standard InChI is InChI=1S/C12H13BrN2OS/c13-10-5-9(14)1-2-11(10)15-6-12(16)8-3-4-17-7-8/h1-5,7,12,15-16H,6,14H2. The second-order valence-corrected chi connectivity index (χ2v) is 5.33. The van der Waals surface area contributed by atoms with Crippen LogP contribution in [0.1, 0.15) is 11.7 Å². The Labute approximate surface area is 112 Å². The van der Waals surface area contributed by atoms with Gasteiger partial charge in [-0.25, -0.2) is 0 Å². The maximum Gasteiger partial charge on any atom is 0.0970 e. The molecular weight excluding hydrogens is 300 g/mol. The SMILES string of the molecule is Nc1ccc(NCC(O)c2ccsc2)c(Br)c1. The number of thiophene rings is 1. The van der Waals surface area contributed by atoms with Crippen LogP contribution in [0.15, 0.2) is 39.5 Å². The summed E-state index contributed by atoms with van der Waals surface area (Å²) in [5, 5.41) is 17.0. The summed E-state index contributed by atoms with van der Waals surface area (Å²) in [5.74, 6) is 0. The van der Waals surface area contributed by atoms with E-state index in [1.165, 1.54) is 0 Å². The van der Waals surface area contributed by atoms with E-state index in [1.807, 2.05) is 35.0 Å². The van der Waals surface area contributed by atoms with E-state index >= 15 is 0 Å². The monoisotopic (exact) mass is 312 g/mol. The molecule has 0 aliphatic rings. The molecule has 90 valence electrons. The van der Waals surface area contributed by atoms with Gasteiger partial charge >= 0.3 is 0 Å². The molecule has 0 amide bonds. The zero-order chi connectivity index (χ0) is 12.3. The van der Waals surface area contributed by atoms with Crippen molar-refractivity contribution in [1.29, 1.82) is 0 Å². The first-order valence-electron chi connectivity index (χ1n) is 5.16. The Bertz CT molecular complexity index is 487. The number of hydrogen-bond donors (Lipinski definition) is 3. The van der Waals surface area contributed by atoms with Gasteiger partial charge in [-0.15, -0.1) is 0 Å². The summed E-state index contributed by atoms with van der Waals surface area (Å²) in [4.78, 5) is 0. The van der Waals surface area contributed by atoms with Gasteiger partial charge in [0.2, 0.25) is 0 Å². The van der Waals surface area contributed by atoms with Crippen molar-refractivity contribution >= 4 is 38.6 Å². The number of benzene rings is 1. The first-order chi connectivity index (χ1) is 8.16. The van der Waals surface area contributed by atoms with Gasteiger partial charge in [-0.05, 0) is 56.5 Å². The molecule has 2 rings (SSSR count). The summed E-state index contributed by atoms with van der Waals surface area (Å²) in [5.41, 5.74) is 8.23. The van der Waals surface area contributed by atoms with Crippen molar-refractivity contribution < 1.29 is 5.11 Å². The molecule has 0 aliphatic carbocycles. The average Bonchev–Trinajstić information content (AvgIpc) is 2.81. The first-order valence-corrected chi connectivity index (χ1v) is 6.89. The summed E-state index contributed by atoms with van der Waals surface area (Å²) in [6.45, 7) is 0.471. The van der Waals surface area contributed by atoms with Crippen molar-refractivity contribution in [3.05, 3.63) is 45.1 Å². The van der Waals surface area contributed by atoms with Gasteiger partial charge in [0, 0.05) is 22.4 Å². The molecule has 1 unspecified atom stereocenters. The topological polar surface area (TPSA) is 58.3 Å². The van der Waals surface area contributed by atoms with Crippen LogP contribution in [0.3, 0.4) is 0 Å². The number of anilines is 2. The second kappa shape index (κ2) is 5.53. The van der Waals surface area contributed by atoms with E-state index in [4.69, 9.17) is 5.73 Å². The van der Waals surface area contributed by atoms with Crippen LogP contribution in [0.5, 0.6) is 0 Å². The van der Waals surface area contributed by atoms with Crippen molar-refractivity contribution in [3.8, 4) is 0 Å². The lowest BCUT2D eigenvalue weighted by atomic mass is 10.2. The van der Waals surface area contributed by atoms with Crippen LogP contribution in [0.4, 0.5) is 11.4 Å². The number of aliphatic hydroxyl groups is 1.